The van der Waals surface area contributed by atoms with Crippen molar-refractivity contribution in [3.63, 3.8) is 0 Å². The third-order valence-electron chi connectivity index (χ3n) is 9.75. The van der Waals surface area contributed by atoms with Gasteiger partial charge in [0.05, 0.1) is 19.6 Å². The van der Waals surface area contributed by atoms with Crippen LogP contribution in [0.25, 0.3) is 12.2 Å². The lowest BCUT2D eigenvalue weighted by molar-refractivity contribution is -0.129. The number of hydrogen-bond donors (Lipinski definition) is 0. The van der Waals surface area contributed by atoms with Crippen molar-refractivity contribution in [2.45, 2.75) is 85.5 Å². The summed E-state index contributed by atoms with van der Waals surface area (Å²) in [4.78, 5) is 50.6. The molecule has 8 nitrogen and oxygen atoms in total. The van der Waals surface area contributed by atoms with E-state index in [9.17, 15) is 19.2 Å². The molecule has 0 amide bonds. The van der Waals surface area contributed by atoms with Crippen LogP contribution in [0.5, 0.6) is 23.0 Å². The highest BCUT2D eigenvalue weighted by Gasteiger charge is 2.15. The summed E-state index contributed by atoms with van der Waals surface area (Å²) in [5, 5.41) is 0. The molecule has 0 fully saturated rings. The average molecular weight is 773 g/mol. The highest BCUT2D eigenvalue weighted by atomic mass is 16.5. The lowest BCUT2D eigenvalue weighted by Crippen LogP contribution is -2.11. The van der Waals surface area contributed by atoms with Crippen molar-refractivity contribution in [1.82, 2.24) is 0 Å². The van der Waals surface area contributed by atoms with Gasteiger partial charge < -0.3 is 18.9 Å². The standard InChI is InChI=1S/C49H56O8/c1-5-9-11-36(7-3)34-54-42-23-13-38(14-24-42)17-31-48(52)56-44-27-19-40(20-28-44)46(50)33-47(51)41-21-29-45(30-22-41)57-49(53)32-18-39-15-25-43(26-16-39)55-35-37(8-4)12-10-6-2/h13-32,36-37H,5-12,33-35H2,1-4H3/b31-17+,32-18+. The number of benzene rings is 4. The first-order valence-electron chi connectivity index (χ1n) is 20.2. The Hall–Kier alpha value is -5.76. The Morgan fingerprint density at radius 2 is 0.842 bits per heavy atom. The number of carbonyl (C=O) groups is 4. The normalized spacial score (nSPS) is 12.3. The summed E-state index contributed by atoms with van der Waals surface area (Å²) in [6.45, 7) is 10.2. The minimum atomic E-state index is -0.564. The van der Waals surface area contributed by atoms with Crippen LogP contribution < -0.4 is 18.9 Å². The number of ketones is 2. The molecule has 0 radical (unpaired) electrons. The van der Waals surface area contributed by atoms with Gasteiger partial charge in [0.25, 0.3) is 0 Å². The maximum Gasteiger partial charge on any atom is 0.336 e. The summed E-state index contributed by atoms with van der Waals surface area (Å²) < 4.78 is 22.7. The highest BCUT2D eigenvalue weighted by molar-refractivity contribution is 6.13. The SMILES string of the molecule is CCCCC(CC)COc1ccc(/C=C/C(=O)Oc2ccc(C(=O)CC(=O)c3ccc(OC(=O)/C=C/c4ccc(OCC(CC)CCCC)cc4)cc3)cc2)cc1. The average Bonchev–Trinajstić information content (AvgIpc) is 3.23. The Balaban J connectivity index is 1.18. The van der Waals surface area contributed by atoms with Gasteiger partial charge in [-0.25, -0.2) is 9.59 Å². The van der Waals surface area contributed by atoms with Crippen molar-refractivity contribution in [2.75, 3.05) is 13.2 Å². The van der Waals surface area contributed by atoms with Crippen LogP contribution in [0.2, 0.25) is 0 Å². The van der Waals surface area contributed by atoms with Crippen LogP contribution >= 0.6 is 0 Å². The maximum atomic E-state index is 12.9. The van der Waals surface area contributed by atoms with E-state index in [1.807, 2.05) is 48.5 Å². The maximum absolute atomic E-state index is 12.9. The highest BCUT2D eigenvalue weighted by Crippen LogP contribution is 2.21. The zero-order valence-corrected chi connectivity index (χ0v) is 33.7. The molecule has 57 heavy (non-hydrogen) atoms. The van der Waals surface area contributed by atoms with Crippen LogP contribution in [0, 0.1) is 11.8 Å². The fourth-order valence-electron chi connectivity index (χ4n) is 5.97. The molecule has 0 aliphatic heterocycles. The molecule has 4 rings (SSSR count). The third kappa shape index (κ3) is 15.7. The molecular weight excluding hydrogens is 717 g/mol. The van der Waals surface area contributed by atoms with E-state index in [1.54, 1.807) is 12.2 Å². The van der Waals surface area contributed by atoms with Gasteiger partial charge in [0.2, 0.25) is 0 Å². The van der Waals surface area contributed by atoms with Gasteiger partial charge in [0.1, 0.15) is 23.0 Å². The Morgan fingerprint density at radius 1 is 0.491 bits per heavy atom. The van der Waals surface area contributed by atoms with Gasteiger partial charge in [0, 0.05) is 23.3 Å². The minimum Gasteiger partial charge on any atom is -0.493 e. The number of esters is 2. The predicted octanol–water partition coefficient (Wildman–Crippen LogP) is 11.6. The Labute approximate surface area is 337 Å². The summed E-state index contributed by atoms with van der Waals surface area (Å²) >= 11 is 0. The molecule has 0 aliphatic carbocycles. The van der Waals surface area contributed by atoms with E-state index in [2.05, 4.69) is 27.7 Å². The Bertz CT molecular complexity index is 1770. The molecule has 2 atom stereocenters. The minimum absolute atomic E-state index is 0.269. The molecule has 300 valence electrons. The lowest BCUT2D eigenvalue weighted by Gasteiger charge is -2.15. The van der Waals surface area contributed by atoms with Gasteiger partial charge >= 0.3 is 11.9 Å². The monoisotopic (exact) mass is 772 g/mol. The summed E-state index contributed by atoms with van der Waals surface area (Å²) in [6.07, 6.45) is 14.9. The fourth-order valence-corrected chi connectivity index (χ4v) is 5.97. The number of unbranched alkanes of at least 4 members (excludes halogenated alkanes) is 2. The van der Waals surface area contributed by atoms with Crippen molar-refractivity contribution < 1.29 is 38.1 Å². The van der Waals surface area contributed by atoms with Crippen LogP contribution in [-0.2, 0) is 9.59 Å². The van der Waals surface area contributed by atoms with Gasteiger partial charge in [-0.2, -0.15) is 0 Å². The molecule has 8 heteroatoms. The van der Waals surface area contributed by atoms with E-state index in [0.29, 0.717) is 36.2 Å². The first kappa shape index (κ1) is 44.0. The summed E-state index contributed by atoms with van der Waals surface area (Å²) in [7, 11) is 0. The van der Waals surface area contributed by atoms with Crippen LogP contribution in [0.3, 0.4) is 0 Å². The Kier molecular flexibility index (Phi) is 18.5. The van der Waals surface area contributed by atoms with Crippen LogP contribution in [0.1, 0.15) is 117 Å². The second-order valence-electron chi connectivity index (χ2n) is 14.2. The number of Topliss-reactive ketones (excluding diaryl/α,β-unsaturated/α-hetero) is 2. The predicted molar refractivity (Wildman–Crippen MR) is 226 cm³/mol. The van der Waals surface area contributed by atoms with Crippen molar-refractivity contribution in [2.24, 2.45) is 11.8 Å². The van der Waals surface area contributed by atoms with Gasteiger partial charge in [-0.15, -0.1) is 0 Å². The molecule has 0 aromatic heterocycles. The van der Waals surface area contributed by atoms with Gasteiger partial charge in [-0.05, 0) is 121 Å². The molecule has 2 unspecified atom stereocenters. The quantitative estimate of drug-likeness (QED) is 0.0228. The second kappa shape index (κ2) is 24.0. The lowest BCUT2D eigenvalue weighted by atomic mass is 10.0. The zero-order valence-electron chi connectivity index (χ0n) is 33.7. The molecule has 0 N–H and O–H groups in total. The van der Waals surface area contributed by atoms with E-state index in [-0.39, 0.29) is 29.5 Å². The molecule has 0 aliphatic rings. The molecule has 0 heterocycles. The summed E-state index contributed by atoms with van der Waals surface area (Å²) in [6, 6.07) is 27.2. The number of rotatable bonds is 24. The van der Waals surface area contributed by atoms with Crippen molar-refractivity contribution in [3.05, 3.63) is 131 Å². The van der Waals surface area contributed by atoms with Crippen molar-refractivity contribution in [3.8, 4) is 23.0 Å². The summed E-state index contributed by atoms with van der Waals surface area (Å²) in [5.41, 5.74) is 2.27. The van der Waals surface area contributed by atoms with Gasteiger partial charge in [0.15, 0.2) is 11.6 Å². The van der Waals surface area contributed by atoms with Crippen LogP contribution in [-0.4, -0.2) is 36.7 Å². The molecule has 4 aromatic carbocycles. The summed E-state index contributed by atoms with van der Waals surface area (Å²) in [5.74, 6) is 1.33. The molecule has 0 saturated carbocycles. The first-order chi connectivity index (χ1) is 27.7. The Morgan fingerprint density at radius 3 is 1.18 bits per heavy atom. The van der Waals surface area contributed by atoms with E-state index in [0.717, 1.165) is 35.5 Å². The third-order valence-corrected chi connectivity index (χ3v) is 9.75. The molecule has 0 spiro atoms. The van der Waals surface area contributed by atoms with E-state index in [4.69, 9.17) is 18.9 Å². The second-order valence-corrected chi connectivity index (χ2v) is 14.2. The number of carbonyl (C=O) groups excluding carboxylic acids is 4. The van der Waals surface area contributed by atoms with Gasteiger partial charge in [-0.1, -0.05) is 90.5 Å². The van der Waals surface area contributed by atoms with E-state index >= 15 is 0 Å². The first-order valence-corrected chi connectivity index (χ1v) is 20.2. The molecule has 0 saturated heterocycles. The van der Waals surface area contributed by atoms with E-state index < -0.39 is 11.9 Å². The topological polar surface area (TPSA) is 105 Å². The zero-order chi connectivity index (χ0) is 40.8. The fraction of sp³-hybridized carbons (Fsp3) is 0.347. The molecule has 0 bridgehead atoms. The molecule has 4 aromatic rings. The largest absolute Gasteiger partial charge is 0.493 e. The van der Waals surface area contributed by atoms with Crippen molar-refractivity contribution in [1.29, 1.82) is 0 Å². The molecular formula is C49H56O8. The van der Waals surface area contributed by atoms with Crippen molar-refractivity contribution >= 4 is 35.7 Å². The number of hydrogen-bond acceptors (Lipinski definition) is 8. The number of ether oxygens (including phenoxy) is 4. The van der Waals surface area contributed by atoms with Crippen LogP contribution in [0.4, 0.5) is 0 Å². The van der Waals surface area contributed by atoms with Crippen LogP contribution in [0.15, 0.2) is 109 Å². The van der Waals surface area contributed by atoms with E-state index in [1.165, 1.54) is 99.2 Å². The van der Waals surface area contributed by atoms with Gasteiger partial charge in [-0.3, -0.25) is 9.59 Å². The smallest absolute Gasteiger partial charge is 0.336 e.